The summed E-state index contributed by atoms with van der Waals surface area (Å²) in [5.41, 5.74) is 6.65. The molecule has 0 unspecified atom stereocenters. The molecule has 7 heteroatoms. The van der Waals surface area contributed by atoms with Crippen molar-refractivity contribution in [1.82, 2.24) is 10.2 Å². The molecule has 2 heterocycles. The molecule has 0 bridgehead atoms. The van der Waals surface area contributed by atoms with Crippen LogP contribution in [0.15, 0.2) is 0 Å². The van der Waals surface area contributed by atoms with Crippen molar-refractivity contribution < 1.29 is 9.53 Å². The average Bonchev–Trinajstić information content (AvgIpc) is 2.76. The van der Waals surface area contributed by atoms with E-state index in [-0.39, 0.29) is 12.0 Å². The van der Waals surface area contributed by atoms with Crippen molar-refractivity contribution in [2.45, 2.75) is 20.0 Å². The zero-order chi connectivity index (χ0) is 15.6. The predicted octanol–water partition coefficient (Wildman–Crippen LogP) is 1.23. The highest BCUT2D eigenvalue weighted by Crippen LogP contribution is 2.45. The van der Waals surface area contributed by atoms with E-state index in [1.54, 1.807) is 19.0 Å². The average molecular weight is 312 g/mol. The van der Waals surface area contributed by atoms with E-state index in [4.69, 9.17) is 10.5 Å². The molecule has 21 heavy (non-hydrogen) atoms. The first-order valence-corrected chi connectivity index (χ1v) is 7.99. The Morgan fingerprint density at radius 2 is 2.00 bits per heavy atom. The van der Waals surface area contributed by atoms with E-state index in [1.165, 1.54) is 11.3 Å². The quantitative estimate of drug-likeness (QED) is 0.875. The summed E-state index contributed by atoms with van der Waals surface area (Å²) in [6, 6.07) is 0. The van der Waals surface area contributed by atoms with Gasteiger partial charge in [0.15, 0.2) is 5.75 Å². The van der Waals surface area contributed by atoms with Gasteiger partial charge in [-0.05, 0) is 13.8 Å². The Bertz CT molecular complexity index is 507. The highest BCUT2D eigenvalue weighted by molar-refractivity contribution is 7.19. The zero-order valence-electron chi connectivity index (χ0n) is 13.1. The maximum atomic E-state index is 12.3. The molecule has 118 valence electrons. The molecule has 1 aromatic rings. The number of carbonyl (C=O) groups excluding carboxylic acids is 1. The number of carbonyl (C=O) groups is 1. The molecule has 1 aliphatic rings. The number of nitrogens with zero attached hydrogens (tertiary/aromatic N) is 2. The fourth-order valence-electron chi connectivity index (χ4n) is 2.20. The van der Waals surface area contributed by atoms with Crippen molar-refractivity contribution in [1.29, 1.82) is 0 Å². The molecule has 0 aliphatic carbocycles. The van der Waals surface area contributed by atoms with Gasteiger partial charge < -0.3 is 25.6 Å². The lowest BCUT2D eigenvalue weighted by Crippen LogP contribution is -2.43. The molecular formula is C14H24N4O2S. The highest BCUT2D eigenvalue weighted by Gasteiger charge is 2.27. The van der Waals surface area contributed by atoms with Crippen LogP contribution in [0.2, 0.25) is 0 Å². The Hall–Kier alpha value is -1.47. The molecular weight excluding hydrogens is 288 g/mol. The fraction of sp³-hybridized carbons (Fsp3) is 0.643. The van der Waals surface area contributed by atoms with Crippen LogP contribution in [0.5, 0.6) is 5.75 Å². The lowest BCUT2D eigenvalue weighted by Gasteiger charge is -2.29. The van der Waals surface area contributed by atoms with Gasteiger partial charge in [0.25, 0.3) is 5.91 Å². The molecule has 6 nitrogen and oxygen atoms in total. The van der Waals surface area contributed by atoms with Gasteiger partial charge in [-0.25, -0.2) is 0 Å². The number of hydrogen-bond donors (Lipinski definition) is 2. The zero-order valence-corrected chi connectivity index (χ0v) is 13.9. The summed E-state index contributed by atoms with van der Waals surface area (Å²) in [7, 11) is 3.46. The van der Waals surface area contributed by atoms with Crippen molar-refractivity contribution >= 4 is 27.9 Å². The molecule has 1 fully saturated rings. The summed E-state index contributed by atoms with van der Waals surface area (Å²) >= 11 is 1.43. The lowest BCUT2D eigenvalue weighted by atomic mass is 10.3. The number of nitrogens with two attached hydrogens (primary N) is 1. The van der Waals surface area contributed by atoms with Crippen LogP contribution in [-0.4, -0.2) is 57.2 Å². The van der Waals surface area contributed by atoms with Crippen LogP contribution in [0, 0.1) is 0 Å². The smallest absolute Gasteiger partial charge is 0.265 e. The number of hydrogen-bond acceptors (Lipinski definition) is 6. The Balaban J connectivity index is 2.41. The summed E-state index contributed by atoms with van der Waals surface area (Å²) in [6.07, 6.45) is 0.0193. The van der Waals surface area contributed by atoms with Crippen LogP contribution in [0.25, 0.3) is 0 Å². The second kappa shape index (κ2) is 6.53. The third-order valence-corrected chi connectivity index (χ3v) is 4.48. The maximum Gasteiger partial charge on any atom is 0.265 e. The molecule has 0 radical (unpaired) electrons. The van der Waals surface area contributed by atoms with Gasteiger partial charge in [-0.2, -0.15) is 0 Å². The minimum atomic E-state index is -0.0764. The van der Waals surface area contributed by atoms with Crippen LogP contribution >= 0.6 is 11.3 Å². The van der Waals surface area contributed by atoms with E-state index >= 15 is 0 Å². The Kier molecular flexibility index (Phi) is 4.95. The van der Waals surface area contributed by atoms with E-state index in [0.717, 1.165) is 31.2 Å². The lowest BCUT2D eigenvalue weighted by molar-refractivity contribution is 0.0833. The number of nitrogens with one attached hydrogen (secondary N) is 1. The van der Waals surface area contributed by atoms with E-state index in [2.05, 4.69) is 10.2 Å². The summed E-state index contributed by atoms with van der Waals surface area (Å²) in [6.45, 7) is 7.57. The van der Waals surface area contributed by atoms with Gasteiger partial charge >= 0.3 is 0 Å². The number of ether oxygens (including phenoxy) is 1. The van der Waals surface area contributed by atoms with Crippen molar-refractivity contribution in [3.63, 3.8) is 0 Å². The second-order valence-electron chi connectivity index (χ2n) is 5.58. The summed E-state index contributed by atoms with van der Waals surface area (Å²) < 4.78 is 5.89. The summed E-state index contributed by atoms with van der Waals surface area (Å²) in [4.78, 5) is 16.6. The molecule has 0 aromatic carbocycles. The number of nitrogen functional groups attached to an aromatic ring is 1. The topological polar surface area (TPSA) is 70.8 Å². The molecule has 0 atom stereocenters. The van der Waals surface area contributed by atoms with Crippen molar-refractivity contribution in [3.05, 3.63) is 4.88 Å². The van der Waals surface area contributed by atoms with Crippen molar-refractivity contribution in [2.75, 3.05) is 50.9 Å². The minimum absolute atomic E-state index is 0.0193. The third-order valence-electron chi connectivity index (χ3n) is 3.24. The van der Waals surface area contributed by atoms with Gasteiger partial charge in [0.05, 0.1) is 6.10 Å². The largest absolute Gasteiger partial charge is 0.486 e. The second-order valence-corrected chi connectivity index (χ2v) is 6.58. The monoisotopic (exact) mass is 312 g/mol. The summed E-state index contributed by atoms with van der Waals surface area (Å²) in [5.74, 6) is 0.578. The molecule has 3 N–H and O–H groups in total. The number of rotatable bonds is 4. The van der Waals surface area contributed by atoms with Crippen LogP contribution in [0.4, 0.5) is 10.7 Å². The minimum Gasteiger partial charge on any atom is -0.486 e. The maximum absolute atomic E-state index is 12.3. The molecule has 2 rings (SSSR count). The first kappa shape index (κ1) is 15.9. The van der Waals surface area contributed by atoms with Gasteiger partial charge in [-0.3, -0.25) is 4.79 Å². The molecule has 1 saturated heterocycles. The van der Waals surface area contributed by atoms with Crippen molar-refractivity contribution in [2.24, 2.45) is 0 Å². The van der Waals surface area contributed by atoms with E-state index in [0.29, 0.717) is 16.3 Å². The Morgan fingerprint density at radius 3 is 2.52 bits per heavy atom. The molecule has 0 saturated carbocycles. The molecule has 1 amide bonds. The van der Waals surface area contributed by atoms with Gasteiger partial charge in [0, 0.05) is 40.3 Å². The van der Waals surface area contributed by atoms with Crippen LogP contribution in [0.1, 0.15) is 23.5 Å². The Morgan fingerprint density at radius 1 is 1.38 bits per heavy atom. The molecule has 1 aromatic heterocycles. The van der Waals surface area contributed by atoms with Crippen molar-refractivity contribution in [3.8, 4) is 5.75 Å². The van der Waals surface area contributed by atoms with E-state index in [9.17, 15) is 4.79 Å². The van der Waals surface area contributed by atoms with E-state index < -0.39 is 0 Å². The SMILES string of the molecule is CC(C)Oc1c(N2CCNCC2)sc(C(=O)N(C)C)c1N. The number of anilines is 2. The van der Waals surface area contributed by atoms with Gasteiger partial charge in [0.2, 0.25) is 0 Å². The first-order valence-electron chi connectivity index (χ1n) is 7.18. The number of amides is 1. The normalized spacial score (nSPS) is 15.4. The van der Waals surface area contributed by atoms with Crippen LogP contribution in [-0.2, 0) is 0 Å². The number of piperazine rings is 1. The standard InChI is InChI=1S/C14H24N4O2S/c1-9(2)20-11-10(15)12(13(19)17(3)4)21-14(11)18-7-5-16-6-8-18/h9,16H,5-8,15H2,1-4H3. The van der Waals surface area contributed by atoms with E-state index in [1.807, 2.05) is 13.8 Å². The number of thiophene rings is 1. The van der Waals surface area contributed by atoms with Crippen LogP contribution in [0.3, 0.4) is 0 Å². The summed E-state index contributed by atoms with van der Waals surface area (Å²) in [5, 5.41) is 4.29. The predicted molar refractivity (Wildman–Crippen MR) is 87.6 cm³/mol. The fourth-order valence-corrected chi connectivity index (χ4v) is 3.43. The van der Waals surface area contributed by atoms with Gasteiger partial charge in [0.1, 0.15) is 15.6 Å². The van der Waals surface area contributed by atoms with Crippen LogP contribution < -0.4 is 20.7 Å². The van der Waals surface area contributed by atoms with Gasteiger partial charge in [-0.1, -0.05) is 0 Å². The third kappa shape index (κ3) is 3.41. The Labute approximate surface area is 129 Å². The highest BCUT2D eigenvalue weighted by atomic mass is 32.1. The molecule has 1 aliphatic heterocycles. The van der Waals surface area contributed by atoms with Gasteiger partial charge in [-0.15, -0.1) is 11.3 Å². The first-order chi connectivity index (χ1) is 9.91. The molecule has 0 spiro atoms.